The van der Waals surface area contributed by atoms with Crippen molar-refractivity contribution in [2.45, 2.75) is 13.8 Å². The van der Waals surface area contributed by atoms with Crippen LogP contribution < -0.4 is 4.90 Å². The van der Waals surface area contributed by atoms with E-state index in [1.807, 2.05) is 43.3 Å². The lowest BCUT2D eigenvalue weighted by atomic mass is 10.2. The van der Waals surface area contributed by atoms with Crippen molar-refractivity contribution in [3.63, 3.8) is 0 Å². The van der Waals surface area contributed by atoms with Gasteiger partial charge in [-0.15, -0.1) is 0 Å². The van der Waals surface area contributed by atoms with Crippen LogP contribution in [-0.2, 0) is 0 Å². The van der Waals surface area contributed by atoms with Crippen LogP contribution in [0.15, 0.2) is 24.3 Å². The molecule has 0 atom stereocenters. The summed E-state index contributed by atoms with van der Waals surface area (Å²) < 4.78 is 0.863. The molecule has 5 heteroatoms. The predicted molar refractivity (Wildman–Crippen MR) is 73.9 cm³/mol. The molecular formula is C14H17N3O2. The van der Waals surface area contributed by atoms with E-state index in [9.17, 15) is 10.0 Å². The molecule has 5 nitrogen and oxygen atoms in total. The minimum Gasteiger partial charge on any atom is -0.426 e. The second-order valence-electron chi connectivity index (χ2n) is 4.68. The number of nitrogens with zero attached hydrogens (tertiary/aromatic N) is 3. The Hall–Kier alpha value is -2.30. The summed E-state index contributed by atoms with van der Waals surface area (Å²) in [6, 6.07) is 7.61. The van der Waals surface area contributed by atoms with Gasteiger partial charge >= 0.3 is 0 Å². The molecule has 0 radical (unpaired) electrons. The molecule has 2 rings (SSSR count). The number of ketones is 1. The maximum Gasteiger partial charge on any atom is 0.181 e. The Morgan fingerprint density at radius 2 is 1.84 bits per heavy atom. The number of carbonyl (C=O) groups is 1. The van der Waals surface area contributed by atoms with Crippen molar-refractivity contribution in [1.29, 1.82) is 0 Å². The molecule has 1 N–H and O–H groups in total. The molecule has 2 aromatic rings. The molecule has 0 saturated heterocycles. The molecule has 0 amide bonds. The summed E-state index contributed by atoms with van der Waals surface area (Å²) in [5.41, 5.74) is 2.58. The quantitative estimate of drug-likeness (QED) is 0.679. The largest absolute Gasteiger partial charge is 0.426 e. The fourth-order valence-corrected chi connectivity index (χ4v) is 2.02. The van der Waals surface area contributed by atoms with E-state index in [4.69, 9.17) is 0 Å². The summed E-state index contributed by atoms with van der Waals surface area (Å²) in [6.07, 6.45) is 0. The maximum absolute atomic E-state index is 11.4. The highest BCUT2D eigenvalue weighted by atomic mass is 16.5. The van der Waals surface area contributed by atoms with Crippen molar-refractivity contribution in [3.05, 3.63) is 35.7 Å². The number of imidazole rings is 1. The molecule has 0 aliphatic heterocycles. The van der Waals surface area contributed by atoms with Gasteiger partial charge in [-0.05, 0) is 31.2 Å². The van der Waals surface area contributed by atoms with Crippen LogP contribution in [0.25, 0.3) is 11.4 Å². The van der Waals surface area contributed by atoms with Crippen LogP contribution in [0.1, 0.15) is 23.1 Å². The summed E-state index contributed by atoms with van der Waals surface area (Å²) >= 11 is 0. The minimum absolute atomic E-state index is 0.205. The molecule has 0 fully saturated rings. The summed E-state index contributed by atoms with van der Waals surface area (Å²) in [4.78, 5) is 17.7. The normalized spacial score (nSPS) is 10.5. The first-order chi connectivity index (χ1) is 8.91. The zero-order valence-corrected chi connectivity index (χ0v) is 11.5. The minimum atomic E-state index is -0.205. The van der Waals surface area contributed by atoms with E-state index in [1.165, 1.54) is 6.92 Å². The molecule has 0 aliphatic rings. The van der Waals surface area contributed by atoms with Gasteiger partial charge in [0.2, 0.25) is 0 Å². The molecule has 1 heterocycles. The van der Waals surface area contributed by atoms with E-state index in [1.54, 1.807) is 6.92 Å². The second-order valence-corrected chi connectivity index (χ2v) is 4.68. The van der Waals surface area contributed by atoms with Crippen LogP contribution in [0, 0.1) is 6.92 Å². The first-order valence-electron chi connectivity index (χ1n) is 5.99. The molecule has 0 aliphatic carbocycles. The molecular weight excluding hydrogens is 242 g/mol. The van der Waals surface area contributed by atoms with Crippen LogP contribution in [0.3, 0.4) is 0 Å². The van der Waals surface area contributed by atoms with Crippen molar-refractivity contribution in [2.75, 3.05) is 19.0 Å². The molecule has 0 unspecified atom stereocenters. The van der Waals surface area contributed by atoms with Gasteiger partial charge in [-0.25, -0.2) is 4.98 Å². The van der Waals surface area contributed by atoms with Crippen molar-refractivity contribution >= 4 is 11.5 Å². The molecule has 0 bridgehead atoms. The number of carbonyl (C=O) groups excluding carboxylic acids is 1. The monoisotopic (exact) mass is 259 g/mol. The number of benzene rings is 1. The average Bonchev–Trinajstić information content (AvgIpc) is 2.65. The van der Waals surface area contributed by atoms with Crippen LogP contribution in [0.2, 0.25) is 0 Å². The summed E-state index contributed by atoms with van der Waals surface area (Å²) in [5, 5.41) is 10.0. The van der Waals surface area contributed by atoms with Gasteiger partial charge in [0.1, 0.15) is 5.69 Å². The number of hydrogen-bond donors (Lipinski definition) is 1. The lowest BCUT2D eigenvalue weighted by Crippen LogP contribution is -2.08. The lowest BCUT2D eigenvalue weighted by Gasteiger charge is -2.12. The standard InChI is InChI=1S/C14H17N3O2/c1-9-13(10(2)18)17(19)14(15-9)11-5-7-12(8-6-11)16(3)4/h5-8,19H,1-4H3. The number of aromatic nitrogens is 2. The van der Waals surface area contributed by atoms with Gasteiger partial charge in [0.25, 0.3) is 0 Å². The summed E-state index contributed by atoms with van der Waals surface area (Å²) in [7, 11) is 3.92. The van der Waals surface area contributed by atoms with Gasteiger partial charge < -0.3 is 10.1 Å². The molecule has 0 saturated carbocycles. The Morgan fingerprint density at radius 3 is 2.26 bits per heavy atom. The van der Waals surface area contributed by atoms with E-state index < -0.39 is 0 Å². The van der Waals surface area contributed by atoms with E-state index in [0.29, 0.717) is 11.5 Å². The van der Waals surface area contributed by atoms with Crippen molar-refractivity contribution in [2.24, 2.45) is 0 Å². The topological polar surface area (TPSA) is 58.4 Å². The van der Waals surface area contributed by atoms with Gasteiger partial charge in [0.05, 0.1) is 5.69 Å². The number of Topliss-reactive ketones (excluding diaryl/α,β-unsaturated/α-hetero) is 1. The molecule has 1 aromatic carbocycles. The Bertz CT molecular complexity index is 612. The Labute approximate surface area is 112 Å². The average molecular weight is 259 g/mol. The van der Waals surface area contributed by atoms with Crippen LogP contribution in [0.5, 0.6) is 0 Å². The van der Waals surface area contributed by atoms with Crippen molar-refractivity contribution in [3.8, 4) is 11.4 Å². The highest BCUT2D eigenvalue weighted by Gasteiger charge is 2.18. The first-order valence-corrected chi connectivity index (χ1v) is 5.99. The van der Waals surface area contributed by atoms with Gasteiger partial charge in [-0.1, -0.05) is 0 Å². The van der Waals surface area contributed by atoms with E-state index >= 15 is 0 Å². The van der Waals surface area contributed by atoms with Gasteiger partial charge in [-0.2, -0.15) is 4.73 Å². The van der Waals surface area contributed by atoms with Crippen LogP contribution in [0.4, 0.5) is 5.69 Å². The highest BCUT2D eigenvalue weighted by molar-refractivity contribution is 5.94. The number of hydrogen-bond acceptors (Lipinski definition) is 4. The maximum atomic E-state index is 11.4. The Balaban J connectivity index is 2.48. The molecule has 0 spiro atoms. The zero-order valence-electron chi connectivity index (χ0n) is 11.5. The Morgan fingerprint density at radius 1 is 1.26 bits per heavy atom. The van der Waals surface area contributed by atoms with E-state index in [0.717, 1.165) is 16.0 Å². The highest BCUT2D eigenvalue weighted by Crippen LogP contribution is 2.23. The van der Waals surface area contributed by atoms with Crippen molar-refractivity contribution < 1.29 is 10.0 Å². The first kappa shape index (κ1) is 13.1. The van der Waals surface area contributed by atoms with E-state index in [2.05, 4.69) is 4.98 Å². The second kappa shape index (κ2) is 4.76. The summed E-state index contributed by atoms with van der Waals surface area (Å²) in [6.45, 7) is 3.12. The molecule has 19 heavy (non-hydrogen) atoms. The molecule has 100 valence electrons. The fourth-order valence-electron chi connectivity index (χ4n) is 2.02. The zero-order chi connectivity index (χ0) is 14.2. The number of rotatable bonds is 3. The number of aryl methyl sites for hydroxylation is 1. The third-order valence-electron chi connectivity index (χ3n) is 3.00. The fraction of sp³-hybridized carbons (Fsp3) is 0.286. The Kier molecular flexibility index (Phi) is 3.29. The predicted octanol–water partition coefficient (Wildman–Crippen LogP) is 2.36. The SMILES string of the molecule is CC(=O)c1c(C)nc(-c2ccc(N(C)C)cc2)n1O. The van der Waals surface area contributed by atoms with Gasteiger partial charge in [-0.3, -0.25) is 4.79 Å². The third-order valence-corrected chi connectivity index (χ3v) is 3.00. The van der Waals surface area contributed by atoms with Crippen LogP contribution >= 0.6 is 0 Å². The third kappa shape index (κ3) is 2.31. The van der Waals surface area contributed by atoms with Crippen molar-refractivity contribution in [1.82, 2.24) is 9.71 Å². The van der Waals surface area contributed by atoms with Crippen LogP contribution in [-0.4, -0.2) is 34.8 Å². The van der Waals surface area contributed by atoms with Gasteiger partial charge in [0, 0.05) is 32.3 Å². The molecule has 1 aromatic heterocycles. The summed E-state index contributed by atoms with van der Waals surface area (Å²) in [5.74, 6) is 0.177. The smallest absolute Gasteiger partial charge is 0.181 e. The van der Waals surface area contributed by atoms with E-state index in [-0.39, 0.29) is 11.5 Å². The lowest BCUT2D eigenvalue weighted by molar-refractivity contribution is 0.0965. The number of anilines is 1. The van der Waals surface area contributed by atoms with Gasteiger partial charge in [0.15, 0.2) is 11.6 Å².